The van der Waals surface area contributed by atoms with Gasteiger partial charge < -0.3 is 4.74 Å². The first-order valence-corrected chi connectivity index (χ1v) is 6.70. The third-order valence-corrected chi connectivity index (χ3v) is 3.12. The van der Waals surface area contributed by atoms with E-state index in [-0.39, 0.29) is 12.5 Å². The second-order valence-corrected chi connectivity index (χ2v) is 4.23. The van der Waals surface area contributed by atoms with E-state index >= 15 is 0 Å². The first-order chi connectivity index (χ1) is 9.71. The van der Waals surface area contributed by atoms with Gasteiger partial charge in [0, 0.05) is 18.0 Å². The lowest BCUT2D eigenvalue weighted by molar-refractivity contribution is -0.152. The quantitative estimate of drug-likeness (QED) is 0.260. The van der Waals surface area contributed by atoms with Gasteiger partial charge >= 0.3 is 5.97 Å². The number of esters is 1. The summed E-state index contributed by atoms with van der Waals surface area (Å²) in [5, 5.41) is 6.65. The summed E-state index contributed by atoms with van der Waals surface area (Å²) < 4.78 is 5.20. The molecule has 0 saturated carbocycles. The zero-order valence-corrected chi connectivity index (χ0v) is 11.9. The first-order valence-electron chi connectivity index (χ1n) is 6.70. The fourth-order valence-electron chi connectivity index (χ4n) is 2.11. The first kappa shape index (κ1) is 16.0. The zero-order valence-electron chi connectivity index (χ0n) is 11.9. The van der Waals surface area contributed by atoms with Crippen LogP contribution in [0.3, 0.4) is 0 Å². The minimum absolute atomic E-state index is 0.282. The van der Waals surface area contributed by atoms with Gasteiger partial charge in [-0.3, -0.25) is 5.32 Å². The molecule has 20 heavy (non-hydrogen) atoms. The Kier molecular flexibility index (Phi) is 6.56. The summed E-state index contributed by atoms with van der Waals surface area (Å²) in [5.41, 5.74) is 8.25. The van der Waals surface area contributed by atoms with Crippen LogP contribution >= 0.6 is 0 Å². The fraction of sp³-hybridized carbons (Fsp3) is 0.500. The summed E-state index contributed by atoms with van der Waals surface area (Å²) >= 11 is 0. The summed E-state index contributed by atoms with van der Waals surface area (Å²) in [6.45, 7) is 4.72. The number of nitrogens with zero attached hydrogens (tertiary/aromatic N) is 3. The summed E-state index contributed by atoms with van der Waals surface area (Å²) in [6, 6.07) is 9.44. The van der Waals surface area contributed by atoms with Crippen molar-refractivity contribution in [2.24, 2.45) is 5.11 Å². The van der Waals surface area contributed by atoms with Crippen LogP contribution in [0.25, 0.3) is 10.4 Å². The molecule has 0 fully saturated rings. The van der Waals surface area contributed by atoms with Crippen LogP contribution in [-0.4, -0.2) is 25.7 Å². The minimum atomic E-state index is -0.901. The standard InChI is InChI=1S/C14H20N4O2/c1-3-14(13(19)20-4-2,16-10-11-17-18-15)12-8-6-5-7-9-12/h5-9,16H,3-4,10-11H2,1-2H3. The Labute approximate surface area is 118 Å². The zero-order chi connectivity index (χ0) is 14.8. The number of carbonyl (C=O) groups excluding carboxylic acids is 1. The summed E-state index contributed by atoms with van der Waals surface area (Å²) in [4.78, 5) is 15.1. The lowest BCUT2D eigenvalue weighted by Gasteiger charge is -2.32. The van der Waals surface area contributed by atoms with Crippen molar-refractivity contribution in [2.75, 3.05) is 19.7 Å². The summed E-state index contributed by atoms with van der Waals surface area (Å²) in [6.07, 6.45) is 0.548. The Hall–Kier alpha value is -2.04. The van der Waals surface area contributed by atoms with E-state index in [4.69, 9.17) is 10.3 Å². The van der Waals surface area contributed by atoms with Crippen LogP contribution in [0, 0.1) is 0 Å². The molecular weight excluding hydrogens is 256 g/mol. The van der Waals surface area contributed by atoms with Crippen molar-refractivity contribution in [1.29, 1.82) is 0 Å². The van der Waals surface area contributed by atoms with E-state index in [1.807, 2.05) is 37.3 Å². The van der Waals surface area contributed by atoms with Gasteiger partial charge in [-0.25, -0.2) is 4.79 Å². The predicted octanol–water partition coefficient (Wildman–Crippen LogP) is 2.75. The van der Waals surface area contributed by atoms with Crippen LogP contribution in [0.2, 0.25) is 0 Å². The number of nitrogens with one attached hydrogen (secondary N) is 1. The van der Waals surface area contributed by atoms with E-state index in [0.29, 0.717) is 19.6 Å². The average molecular weight is 276 g/mol. The largest absolute Gasteiger partial charge is 0.464 e. The fourth-order valence-corrected chi connectivity index (χ4v) is 2.11. The molecule has 6 heteroatoms. The lowest BCUT2D eigenvalue weighted by Crippen LogP contribution is -2.50. The van der Waals surface area contributed by atoms with Gasteiger partial charge in [-0.15, -0.1) is 0 Å². The number of hydrogen-bond acceptors (Lipinski definition) is 4. The Balaban J connectivity index is 3.02. The molecule has 0 amide bonds. The molecule has 1 rings (SSSR count). The van der Waals surface area contributed by atoms with Crippen molar-refractivity contribution < 1.29 is 9.53 Å². The van der Waals surface area contributed by atoms with Crippen LogP contribution in [-0.2, 0) is 15.1 Å². The Morgan fingerprint density at radius 1 is 1.40 bits per heavy atom. The third kappa shape index (κ3) is 3.73. The number of hydrogen-bond donors (Lipinski definition) is 1. The maximum absolute atomic E-state index is 12.4. The smallest absolute Gasteiger partial charge is 0.330 e. The van der Waals surface area contributed by atoms with Crippen molar-refractivity contribution in [2.45, 2.75) is 25.8 Å². The lowest BCUT2D eigenvalue weighted by atomic mass is 9.87. The van der Waals surface area contributed by atoms with Crippen molar-refractivity contribution in [3.05, 3.63) is 46.3 Å². The van der Waals surface area contributed by atoms with Crippen molar-refractivity contribution in [1.82, 2.24) is 5.32 Å². The highest BCUT2D eigenvalue weighted by atomic mass is 16.5. The molecule has 0 aliphatic carbocycles. The second-order valence-electron chi connectivity index (χ2n) is 4.23. The monoisotopic (exact) mass is 276 g/mol. The molecule has 0 radical (unpaired) electrons. The molecule has 0 bridgehead atoms. The molecule has 0 aromatic heterocycles. The van der Waals surface area contributed by atoms with Crippen LogP contribution in [0.15, 0.2) is 35.4 Å². The molecule has 1 aromatic rings. The molecule has 0 heterocycles. The molecule has 1 atom stereocenters. The van der Waals surface area contributed by atoms with Crippen molar-refractivity contribution in [3.8, 4) is 0 Å². The van der Waals surface area contributed by atoms with E-state index in [2.05, 4.69) is 15.3 Å². The van der Waals surface area contributed by atoms with Gasteiger partial charge in [0.25, 0.3) is 0 Å². The van der Waals surface area contributed by atoms with E-state index < -0.39 is 5.54 Å². The van der Waals surface area contributed by atoms with Gasteiger partial charge in [0.15, 0.2) is 0 Å². The van der Waals surface area contributed by atoms with Gasteiger partial charge in [-0.2, -0.15) is 0 Å². The SMILES string of the molecule is CCOC(=O)C(CC)(NCCN=[N+]=[N-])c1ccccc1. The summed E-state index contributed by atoms with van der Waals surface area (Å²) in [5.74, 6) is -0.311. The molecule has 0 aliphatic heterocycles. The average Bonchev–Trinajstić information content (AvgIpc) is 2.49. The topological polar surface area (TPSA) is 87.1 Å². The third-order valence-electron chi connectivity index (χ3n) is 3.12. The minimum Gasteiger partial charge on any atom is -0.464 e. The van der Waals surface area contributed by atoms with E-state index in [0.717, 1.165) is 5.56 Å². The van der Waals surface area contributed by atoms with Gasteiger partial charge in [-0.1, -0.05) is 42.4 Å². The van der Waals surface area contributed by atoms with Gasteiger partial charge in [-0.05, 0) is 24.4 Å². The second kappa shape index (κ2) is 8.19. The van der Waals surface area contributed by atoms with Crippen LogP contribution < -0.4 is 5.32 Å². The van der Waals surface area contributed by atoms with Crippen LogP contribution in [0.5, 0.6) is 0 Å². The molecule has 0 saturated heterocycles. The highest BCUT2D eigenvalue weighted by Crippen LogP contribution is 2.26. The number of ether oxygens (including phenoxy) is 1. The summed E-state index contributed by atoms with van der Waals surface area (Å²) in [7, 11) is 0. The molecule has 1 N–H and O–H groups in total. The number of benzene rings is 1. The number of rotatable bonds is 8. The van der Waals surface area contributed by atoms with Gasteiger partial charge in [0.1, 0.15) is 5.54 Å². The Morgan fingerprint density at radius 3 is 2.65 bits per heavy atom. The maximum atomic E-state index is 12.4. The highest BCUT2D eigenvalue weighted by Gasteiger charge is 2.39. The van der Waals surface area contributed by atoms with Crippen molar-refractivity contribution >= 4 is 5.97 Å². The molecule has 1 unspecified atom stereocenters. The molecule has 0 aliphatic rings. The normalized spacial score (nSPS) is 13.1. The van der Waals surface area contributed by atoms with Crippen LogP contribution in [0.4, 0.5) is 0 Å². The molecule has 1 aromatic carbocycles. The highest BCUT2D eigenvalue weighted by molar-refractivity contribution is 5.82. The van der Waals surface area contributed by atoms with E-state index in [1.165, 1.54) is 0 Å². The Morgan fingerprint density at radius 2 is 2.10 bits per heavy atom. The molecule has 0 spiro atoms. The number of carbonyl (C=O) groups is 1. The van der Waals surface area contributed by atoms with Crippen molar-refractivity contribution in [3.63, 3.8) is 0 Å². The number of azide groups is 1. The molecule has 6 nitrogen and oxygen atoms in total. The predicted molar refractivity (Wildman–Crippen MR) is 77.1 cm³/mol. The van der Waals surface area contributed by atoms with E-state index in [1.54, 1.807) is 6.92 Å². The van der Waals surface area contributed by atoms with Gasteiger partial charge in [0.2, 0.25) is 0 Å². The maximum Gasteiger partial charge on any atom is 0.330 e. The van der Waals surface area contributed by atoms with Crippen LogP contribution in [0.1, 0.15) is 25.8 Å². The van der Waals surface area contributed by atoms with E-state index in [9.17, 15) is 4.79 Å². The molecule has 108 valence electrons. The Bertz CT molecular complexity index is 471. The molecular formula is C14H20N4O2. The van der Waals surface area contributed by atoms with Gasteiger partial charge in [0.05, 0.1) is 6.61 Å².